The van der Waals surface area contributed by atoms with Gasteiger partial charge < -0.3 is 13.9 Å². The van der Waals surface area contributed by atoms with Crippen molar-refractivity contribution in [1.82, 2.24) is 0 Å². The van der Waals surface area contributed by atoms with Crippen LogP contribution < -0.4 is 10.4 Å². The number of ether oxygens (including phenoxy) is 2. The second kappa shape index (κ2) is 10.3. The highest BCUT2D eigenvalue weighted by Crippen LogP contribution is 2.38. The molecule has 0 N–H and O–H groups in total. The standard InChI is InChI=1S/C26H32O5Si/c1-5-12-23-22(17-25(28)31-23)24(29-19-27)18-30-32(26(2,3)4,20-13-8-6-9-14-20)21-15-10-7-11-16-21/h5-11,13-16,19,22-24H,1,12,17-18H2,2-4H3/t22-,23+,24+/m0/s1. The van der Waals surface area contributed by atoms with E-state index in [-0.39, 0.29) is 36.1 Å². The summed E-state index contributed by atoms with van der Waals surface area (Å²) in [6.45, 7) is 11.0. The fourth-order valence-electron chi connectivity index (χ4n) is 4.69. The van der Waals surface area contributed by atoms with Crippen molar-refractivity contribution in [2.45, 2.75) is 50.9 Å². The van der Waals surface area contributed by atoms with Crippen molar-refractivity contribution in [3.05, 3.63) is 73.3 Å². The van der Waals surface area contributed by atoms with Gasteiger partial charge in [0.25, 0.3) is 14.8 Å². The van der Waals surface area contributed by atoms with Crippen LogP contribution in [0.5, 0.6) is 0 Å². The van der Waals surface area contributed by atoms with Crippen LogP contribution in [0.1, 0.15) is 33.6 Å². The first-order valence-electron chi connectivity index (χ1n) is 11.0. The third-order valence-electron chi connectivity index (χ3n) is 6.15. The number of benzene rings is 2. The van der Waals surface area contributed by atoms with Gasteiger partial charge in [-0.1, -0.05) is 87.5 Å². The maximum absolute atomic E-state index is 12.0. The quantitative estimate of drug-likeness (QED) is 0.239. The SMILES string of the molecule is C=CC[C@H]1OC(=O)C[C@@H]1[C@@H](CO[Si](c1ccccc1)(c1ccccc1)C(C)(C)C)OC=O. The molecule has 2 aromatic rings. The Morgan fingerprint density at radius 2 is 1.66 bits per heavy atom. The van der Waals surface area contributed by atoms with E-state index in [2.05, 4.69) is 51.6 Å². The van der Waals surface area contributed by atoms with Gasteiger partial charge in [-0.15, -0.1) is 6.58 Å². The van der Waals surface area contributed by atoms with Gasteiger partial charge in [0.2, 0.25) is 0 Å². The van der Waals surface area contributed by atoms with Gasteiger partial charge in [0.05, 0.1) is 13.0 Å². The maximum atomic E-state index is 12.0. The van der Waals surface area contributed by atoms with Crippen LogP contribution in [0.4, 0.5) is 0 Å². The highest BCUT2D eigenvalue weighted by atomic mass is 28.4. The Bertz CT molecular complexity index is 867. The maximum Gasteiger partial charge on any atom is 0.306 e. The zero-order chi connectivity index (χ0) is 23.2. The zero-order valence-corrected chi connectivity index (χ0v) is 20.0. The molecule has 2 aromatic carbocycles. The Labute approximate surface area is 191 Å². The number of cyclic esters (lactones) is 1. The van der Waals surface area contributed by atoms with Crippen LogP contribution in [0.15, 0.2) is 73.3 Å². The van der Waals surface area contributed by atoms with Crippen molar-refractivity contribution in [2.24, 2.45) is 5.92 Å². The number of carbonyl (C=O) groups excluding carboxylic acids is 2. The van der Waals surface area contributed by atoms with Gasteiger partial charge in [-0.2, -0.15) is 0 Å². The predicted octanol–water partition coefficient (Wildman–Crippen LogP) is 3.61. The molecule has 1 saturated heterocycles. The number of carbonyl (C=O) groups is 2. The van der Waals surface area contributed by atoms with Crippen LogP contribution in [-0.4, -0.2) is 39.6 Å². The molecule has 0 unspecified atom stereocenters. The average molecular weight is 453 g/mol. The molecule has 3 atom stereocenters. The van der Waals surface area contributed by atoms with Gasteiger partial charge in [0.15, 0.2) is 0 Å². The van der Waals surface area contributed by atoms with E-state index in [0.29, 0.717) is 12.9 Å². The van der Waals surface area contributed by atoms with Gasteiger partial charge in [-0.3, -0.25) is 9.59 Å². The summed E-state index contributed by atoms with van der Waals surface area (Å²) in [5.74, 6) is -0.560. The minimum Gasteiger partial charge on any atom is -0.462 e. The fraction of sp³-hybridized carbons (Fsp3) is 0.385. The monoisotopic (exact) mass is 452 g/mol. The first-order chi connectivity index (χ1) is 15.3. The lowest BCUT2D eigenvalue weighted by molar-refractivity contribution is -0.142. The van der Waals surface area contributed by atoms with Crippen molar-refractivity contribution in [3.8, 4) is 0 Å². The molecule has 0 saturated carbocycles. The fourth-order valence-corrected chi connectivity index (χ4v) is 9.26. The summed E-state index contributed by atoms with van der Waals surface area (Å²) >= 11 is 0. The van der Waals surface area contributed by atoms with E-state index < -0.39 is 14.4 Å². The van der Waals surface area contributed by atoms with Gasteiger partial charge in [0.1, 0.15) is 12.2 Å². The zero-order valence-electron chi connectivity index (χ0n) is 19.0. The van der Waals surface area contributed by atoms with Crippen molar-refractivity contribution in [3.63, 3.8) is 0 Å². The molecule has 1 heterocycles. The Hall–Kier alpha value is -2.70. The molecule has 3 rings (SSSR count). The minimum absolute atomic E-state index is 0.182. The third-order valence-corrected chi connectivity index (χ3v) is 11.2. The summed E-state index contributed by atoms with van der Waals surface area (Å²) in [6, 6.07) is 20.6. The van der Waals surface area contributed by atoms with Gasteiger partial charge in [0, 0.05) is 12.3 Å². The molecule has 1 fully saturated rings. The van der Waals surface area contributed by atoms with E-state index in [0.717, 1.165) is 10.4 Å². The second-order valence-corrected chi connectivity index (χ2v) is 13.5. The van der Waals surface area contributed by atoms with Gasteiger partial charge in [-0.05, 0) is 15.4 Å². The molecule has 0 aliphatic carbocycles. The molecule has 32 heavy (non-hydrogen) atoms. The van der Waals surface area contributed by atoms with Crippen LogP contribution in [0.3, 0.4) is 0 Å². The predicted molar refractivity (Wildman–Crippen MR) is 127 cm³/mol. The molecule has 5 nitrogen and oxygen atoms in total. The van der Waals surface area contributed by atoms with Crippen LogP contribution in [0, 0.1) is 5.92 Å². The lowest BCUT2D eigenvalue weighted by atomic mass is 9.93. The Morgan fingerprint density at radius 1 is 1.09 bits per heavy atom. The summed E-state index contributed by atoms with van der Waals surface area (Å²) in [5, 5.41) is 2.08. The summed E-state index contributed by atoms with van der Waals surface area (Å²) in [5.41, 5.74) is 0. The summed E-state index contributed by atoms with van der Waals surface area (Å²) in [6.07, 6.45) is 1.46. The number of esters is 1. The first-order valence-corrected chi connectivity index (χ1v) is 12.9. The number of hydrogen-bond acceptors (Lipinski definition) is 5. The first kappa shape index (κ1) is 23.9. The van der Waals surface area contributed by atoms with Crippen molar-refractivity contribution in [2.75, 3.05) is 6.61 Å². The van der Waals surface area contributed by atoms with Crippen LogP contribution in [-0.2, 0) is 23.5 Å². The normalized spacial score (nSPS) is 19.8. The van der Waals surface area contributed by atoms with E-state index in [1.54, 1.807) is 6.08 Å². The summed E-state index contributed by atoms with van der Waals surface area (Å²) < 4.78 is 17.9. The van der Waals surface area contributed by atoms with E-state index in [9.17, 15) is 9.59 Å². The molecule has 1 aliphatic heterocycles. The Morgan fingerprint density at radius 3 is 2.12 bits per heavy atom. The van der Waals surface area contributed by atoms with Crippen molar-refractivity contribution < 1.29 is 23.5 Å². The lowest BCUT2D eigenvalue weighted by Crippen LogP contribution is -2.67. The van der Waals surface area contributed by atoms with Crippen molar-refractivity contribution >= 4 is 31.1 Å². The van der Waals surface area contributed by atoms with Crippen LogP contribution >= 0.6 is 0 Å². The number of rotatable bonds is 10. The van der Waals surface area contributed by atoms with E-state index in [4.69, 9.17) is 13.9 Å². The van der Waals surface area contributed by atoms with Crippen LogP contribution in [0.25, 0.3) is 0 Å². The third kappa shape index (κ3) is 4.86. The van der Waals surface area contributed by atoms with E-state index >= 15 is 0 Å². The van der Waals surface area contributed by atoms with Crippen LogP contribution in [0.2, 0.25) is 5.04 Å². The van der Waals surface area contributed by atoms with Crippen molar-refractivity contribution in [1.29, 1.82) is 0 Å². The summed E-state index contributed by atoms with van der Waals surface area (Å²) in [7, 11) is -2.79. The summed E-state index contributed by atoms with van der Waals surface area (Å²) in [4.78, 5) is 23.4. The number of hydrogen-bond donors (Lipinski definition) is 0. The Kier molecular flexibility index (Phi) is 7.69. The molecule has 0 spiro atoms. The molecule has 1 aliphatic rings. The van der Waals surface area contributed by atoms with Gasteiger partial charge >= 0.3 is 5.97 Å². The molecular formula is C26H32O5Si. The van der Waals surface area contributed by atoms with E-state index in [1.165, 1.54) is 0 Å². The Balaban J connectivity index is 2.01. The molecular weight excluding hydrogens is 420 g/mol. The molecule has 0 radical (unpaired) electrons. The largest absolute Gasteiger partial charge is 0.462 e. The van der Waals surface area contributed by atoms with Gasteiger partial charge in [-0.25, -0.2) is 0 Å². The minimum atomic E-state index is -2.79. The lowest BCUT2D eigenvalue weighted by Gasteiger charge is -2.44. The highest BCUT2D eigenvalue weighted by Gasteiger charge is 2.51. The highest BCUT2D eigenvalue weighted by molar-refractivity contribution is 6.99. The molecule has 170 valence electrons. The average Bonchev–Trinajstić information content (AvgIpc) is 3.14. The van der Waals surface area contributed by atoms with E-state index in [1.807, 2.05) is 36.4 Å². The second-order valence-electron chi connectivity index (χ2n) is 9.17. The molecule has 0 aromatic heterocycles. The molecule has 0 amide bonds. The smallest absolute Gasteiger partial charge is 0.306 e. The molecule has 0 bridgehead atoms. The molecule has 6 heteroatoms. The topological polar surface area (TPSA) is 61.8 Å².